The van der Waals surface area contributed by atoms with Crippen molar-refractivity contribution in [3.05, 3.63) is 0 Å². The van der Waals surface area contributed by atoms with E-state index in [1.54, 1.807) is 7.05 Å². The number of ether oxygens (including phenoxy) is 2. The molecule has 0 radical (unpaired) electrons. The molecule has 4 heteroatoms. The Morgan fingerprint density at radius 2 is 2.07 bits per heavy atom. The van der Waals surface area contributed by atoms with Gasteiger partial charge in [0.1, 0.15) is 11.3 Å². The Morgan fingerprint density at radius 1 is 1.36 bits per heavy atom. The van der Waals surface area contributed by atoms with Crippen molar-refractivity contribution in [2.75, 3.05) is 13.7 Å². The van der Waals surface area contributed by atoms with Gasteiger partial charge in [-0.1, -0.05) is 18.0 Å². The van der Waals surface area contributed by atoms with Gasteiger partial charge < -0.3 is 9.47 Å². The van der Waals surface area contributed by atoms with Gasteiger partial charge >= 0.3 is 0 Å². The number of hydrogen-bond acceptors (Lipinski definition) is 3. The molecule has 3 nitrogen and oxygen atoms in total. The molecule has 1 spiro atoms. The first-order valence-corrected chi connectivity index (χ1v) is 5.57. The maximum atomic E-state index is 5.92. The summed E-state index contributed by atoms with van der Waals surface area (Å²) in [6.07, 6.45) is 5.52. The summed E-state index contributed by atoms with van der Waals surface area (Å²) in [4.78, 5) is 3.93. The Kier molecular flexibility index (Phi) is 3.10. The summed E-state index contributed by atoms with van der Waals surface area (Å²) < 4.78 is 11.6. The average molecular weight is 218 g/mol. The lowest BCUT2D eigenvalue weighted by atomic mass is 9.94. The highest BCUT2D eigenvalue weighted by molar-refractivity contribution is 6.66. The van der Waals surface area contributed by atoms with E-state index >= 15 is 0 Å². The Morgan fingerprint density at radius 3 is 2.71 bits per heavy atom. The molecular weight excluding hydrogens is 202 g/mol. The van der Waals surface area contributed by atoms with E-state index < -0.39 is 0 Å². The van der Waals surface area contributed by atoms with Crippen LogP contribution in [-0.2, 0) is 9.47 Å². The summed E-state index contributed by atoms with van der Waals surface area (Å²) in [7, 11) is 1.68. The predicted octanol–water partition coefficient (Wildman–Crippen LogP) is 2.33. The molecule has 2 rings (SSSR count). The van der Waals surface area contributed by atoms with Crippen molar-refractivity contribution >= 4 is 16.8 Å². The van der Waals surface area contributed by atoms with E-state index in [0.29, 0.717) is 11.8 Å². The van der Waals surface area contributed by atoms with Gasteiger partial charge in [0.25, 0.3) is 0 Å². The second-order valence-corrected chi connectivity index (χ2v) is 4.32. The monoisotopic (exact) mass is 217 g/mol. The summed E-state index contributed by atoms with van der Waals surface area (Å²) in [5, 5.41) is 0.521. The van der Waals surface area contributed by atoms with Crippen LogP contribution >= 0.6 is 11.6 Å². The SMILES string of the molecule is CN=C(Cl)C1COC2(CCCCC2)O1. The van der Waals surface area contributed by atoms with E-state index in [2.05, 4.69) is 4.99 Å². The van der Waals surface area contributed by atoms with Gasteiger partial charge in [-0.05, 0) is 12.8 Å². The normalized spacial score (nSPS) is 32.4. The molecule has 1 unspecified atom stereocenters. The predicted molar refractivity (Wildman–Crippen MR) is 55.9 cm³/mol. The molecule has 1 aliphatic carbocycles. The fraction of sp³-hybridized carbons (Fsp3) is 0.900. The first-order valence-electron chi connectivity index (χ1n) is 5.20. The zero-order valence-corrected chi connectivity index (χ0v) is 9.22. The van der Waals surface area contributed by atoms with E-state index in [0.717, 1.165) is 12.8 Å². The van der Waals surface area contributed by atoms with Crippen LogP contribution in [0.1, 0.15) is 32.1 Å². The highest BCUT2D eigenvalue weighted by Crippen LogP contribution is 2.38. The van der Waals surface area contributed by atoms with Crippen LogP contribution in [0.5, 0.6) is 0 Å². The highest BCUT2D eigenvalue weighted by Gasteiger charge is 2.43. The molecule has 1 aliphatic heterocycles. The molecule has 1 saturated carbocycles. The summed E-state index contributed by atoms with van der Waals surface area (Å²) in [6, 6.07) is 0. The molecule has 0 aromatic heterocycles. The van der Waals surface area contributed by atoms with Crippen LogP contribution in [0.15, 0.2) is 4.99 Å². The zero-order valence-electron chi connectivity index (χ0n) is 8.46. The number of rotatable bonds is 1. The van der Waals surface area contributed by atoms with Gasteiger partial charge in [0.2, 0.25) is 0 Å². The zero-order chi connectivity index (χ0) is 10.0. The van der Waals surface area contributed by atoms with E-state index in [4.69, 9.17) is 21.1 Å². The number of nitrogens with zero attached hydrogens (tertiary/aromatic N) is 1. The van der Waals surface area contributed by atoms with Gasteiger partial charge in [-0.3, -0.25) is 4.99 Å². The fourth-order valence-electron chi connectivity index (χ4n) is 2.17. The van der Waals surface area contributed by atoms with E-state index in [9.17, 15) is 0 Å². The quantitative estimate of drug-likeness (QED) is 0.632. The molecule has 0 aromatic rings. The average Bonchev–Trinajstić information content (AvgIpc) is 2.62. The van der Waals surface area contributed by atoms with Crippen LogP contribution in [-0.4, -0.2) is 30.7 Å². The molecule has 1 saturated heterocycles. The topological polar surface area (TPSA) is 30.8 Å². The molecule has 1 atom stereocenters. The first kappa shape index (κ1) is 10.4. The molecule has 14 heavy (non-hydrogen) atoms. The fourth-order valence-corrected chi connectivity index (χ4v) is 2.28. The standard InChI is InChI=1S/C10H16ClNO2/c1-12-9(11)8-7-13-10(14-8)5-3-2-4-6-10/h8H,2-7H2,1H3. The summed E-state index contributed by atoms with van der Waals surface area (Å²) in [5.41, 5.74) is 0. The second kappa shape index (κ2) is 4.17. The van der Waals surface area contributed by atoms with Gasteiger partial charge in [-0.15, -0.1) is 0 Å². The van der Waals surface area contributed by atoms with Crippen LogP contribution in [0, 0.1) is 0 Å². The second-order valence-electron chi connectivity index (χ2n) is 3.94. The molecule has 1 heterocycles. The minimum absolute atomic E-state index is 0.139. The van der Waals surface area contributed by atoms with Crippen LogP contribution in [0.2, 0.25) is 0 Å². The smallest absolute Gasteiger partial charge is 0.169 e. The first-order chi connectivity index (χ1) is 6.76. The van der Waals surface area contributed by atoms with E-state index in [-0.39, 0.29) is 11.9 Å². The van der Waals surface area contributed by atoms with Crippen LogP contribution in [0.25, 0.3) is 0 Å². The largest absolute Gasteiger partial charge is 0.347 e. The van der Waals surface area contributed by atoms with Gasteiger partial charge in [0.05, 0.1) is 6.61 Å². The third-order valence-corrected chi connectivity index (χ3v) is 3.36. The van der Waals surface area contributed by atoms with Crippen molar-refractivity contribution in [3.8, 4) is 0 Å². The minimum atomic E-state index is -0.340. The molecule has 2 fully saturated rings. The number of halogens is 1. The molecule has 0 aromatic carbocycles. The van der Waals surface area contributed by atoms with Crippen LogP contribution in [0.3, 0.4) is 0 Å². The molecule has 0 N–H and O–H groups in total. The van der Waals surface area contributed by atoms with Crippen molar-refractivity contribution in [2.24, 2.45) is 4.99 Å². The third-order valence-electron chi connectivity index (χ3n) is 2.95. The van der Waals surface area contributed by atoms with Gasteiger partial charge in [0, 0.05) is 19.9 Å². The van der Waals surface area contributed by atoms with E-state index in [1.807, 2.05) is 0 Å². The molecule has 80 valence electrons. The van der Waals surface area contributed by atoms with Crippen molar-refractivity contribution in [1.82, 2.24) is 0 Å². The van der Waals surface area contributed by atoms with Crippen molar-refractivity contribution < 1.29 is 9.47 Å². The van der Waals surface area contributed by atoms with Crippen LogP contribution in [0.4, 0.5) is 0 Å². The van der Waals surface area contributed by atoms with Crippen molar-refractivity contribution in [1.29, 1.82) is 0 Å². The molecule has 0 amide bonds. The maximum absolute atomic E-state index is 5.92. The Hall–Kier alpha value is -0.120. The lowest BCUT2D eigenvalue weighted by molar-refractivity contribution is -0.181. The van der Waals surface area contributed by atoms with Gasteiger partial charge in [-0.2, -0.15) is 0 Å². The number of hydrogen-bond donors (Lipinski definition) is 0. The Bertz CT molecular complexity index is 236. The maximum Gasteiger partial charge on any atom is 0.169 e. The summed E-state index contributed by atoms with van der Waals surface area (Å²) in [5.74, 6) is -0.340. The van der Waals surface area contributed by atoms with Gasteiger partial charge in [0.15, 0.2) is 5.79 Å². The van der Waals surface area contributed by atoms with Crippen LogP contribution < -0.4 is 0 Å². The van der Waals surface area contributed by atoms with Gasteiger partial charge in [-0.25, -0.2) is 0 Å². The van der Waals surface area contributed by atoms with Crippen molar-refractivity contribution in [3.63, 3.8) is 0 Å². The highest BCUT2D eigenvalue weighted by atomic mass is 35.5. The minimum Gasteiger partial charge on any atom is -0.347 e. The molecular formula is C10H16ClNO2. The lowest BCUT2D eigenvalue weighted by Crippen LogP contribution is -2.34. The van der Waals surface area contributed by atoms with Crippen molar-refractivity contribution in [2.45, 2.75) is 44.0 Å². The third kappa shape index (κ3) is 1.95. The summed E-state index contributed by atoms with van der Waals surface area (Å²) in [6.45, 7) is 0.552. The molecule has 2 aliphatic rings. The number of aliphatic imine (C=N–C) groups is 1. The Labute approximate surface area is 89.4 Å². The lowest BCUT2D eigenvalue weighted by Gasteiger charge is -2.31. The van der Waals surface area contributed by atoms with E-state index in [1.165, 1.54) is 19.3 Å². The summed E-state index contributed by atoms with van der Waals surface area (Å²) >= 11 is 5.92. The Balaban J connectivity index is 1.99. The molecule has 0 bridgehead atoms.